The van der Waals surface area contributed by atoms with Crippen molar-refractivity contribution in [2.75, 3.05) is 0 Å². The van der Waals surface area contributed by atoms with Crippen molar-refractivity contribution < 1.29 is 38.8 Å². The molecule has 1 aliphatic rings. The van der Waals surface area contributed by atoms with Gasteiger partial charge in [0.1, 0.15) is 30.5 Å². The summed E-state index contributed by atoms with van der Waals surface area (Å²) in [6, 6.07) is 0. The van der Waals surface area contributed by atoms with Crippen LogP contribution in [0.2, 0.25) is 0 Å². The van der Waals surface area contributed by atoms with Crippen LogP contribution in [0.3, 0.4) is 0 Å². The first-order valence-corrected chi connectivity index (χ1v) is 7.52. The molecule has 0 aromatic heterocycles. The average Bonchev–Trinajstić information content (AvgIpc) is 2.48. The fourth-order valence-electron chi connectivity index (χ4n) is 1.80. The predicted octanol–water partition coefficient (Wildman–Crippen LogP) is 0.0194. The van der Waals surface area contributed by atoms with Crippen LogP contribution in [0.25, 0.3) is 0 Å². The molecule has 1 aliphatic heterocycles. The maximum absolute atomic E-state index is 11.7. The number of rotatable bonds is 0. The average molecular weight is 342 g/mol. The summed E-state index contributed by atoms with van der Waals surface area (Å²) in [5, 5.41) is 19.6. The fraction of sp³-hybridized carbons (Fsp3) is 0.562. The molecule has 0 aliphatic carbocycles. The van der Waals surface area contributed by atoms with Crippen LogP contribution in [0.5, 0.6) is 0 Å². The van der Waals surface area contributed by atoms with Crippen LogP contribution >= 0.6 is 0 Å². The lowest BCUT2D eigenvalue weighted by molar-refractivity contribution is -0.157. The number of hydrogen-bond acceptors (Lipinski definition) is 8. The molecule has 134 valence electrons. The molecular weight excluding hydrogens is 320 g/mol. The highest BCUT2D eigenvalue weighted by Crippen LogP contribution is 2.08. The minimum Gasteiger partial charge on any atom is -0.459 e. The highest BCUT2D eigenvalue weighted by molar-refractivity contribution is 5.83. The lowest BCUT2D eigenvalue weighted by atomic mass is 10.2. The lowest BCUT2D eigenvalue weighted by Gasteiger charge is -2.19. The van der Waals surface area contributed by atoms with E-state index < -0.39 is 48.4 Å². The van der Waals surface area contributed by atoms with Crippen LogP contribution in [0.4, 0.5) is 0 Å². The topological polar surface area (TPSA) is 119 Å². The van der Waals surface area contributed by atoms with Gasteiger partial charge in [0.15, 0.2) is 0 Å². The Labute approximate surface area is 139 Å². The van der Waals surface area contributed by atoms with Crippen molar-refractivity contribution in [1.29, 1.82) is 0 Å². The zero-order valence-electron chi connectivity index (χ0n) is 13.7. The number of ether oxygens (including phenoxy) is 3. The normalized spacial score (nSPS) is 36.2. The van der Waals surface area contributed by atoms with Gasteiger partial charge < -0.3 is 24.4 Å². The predicted molar refractivity (Wildman–Crippen MR) is 81.6 cm³/mol. The Morgan fingerprint density at radius 2 is 1.29 bits per heavy atom. The minimum atomic E-state index is -1.22. The van der Waals surface area contributed by atoms with Crippen molar-refractivity contribution in [3.63, 3.8) is 0 Å². The molecule has 5 atom stereocenters. The Hall–Kier alpha value is -2.19. The maximum atomic E-state index is 11.7. The molecule has 0 fully saturated rings. The van der Waals surface area contributed by atoms with E-state index in [1.54, 1.807) is 0 Å². The van der Waals surface area contributed by atoms with Crippen molar-refractivity contribution in [2.45, 2.75) is 57.7 Å². The summed E-state index contributed by atoms with van der Waals surface area (Å²) >= 11 is 0. The number of carbonyl (C=O) groups excluding carboxylic acids is 3. The van der Waals surface area contributed by atoms with Gasteiger partial charge in [0.25, 0.3) is 0 Å². The molecule has 0 amide bonds. The molecular formula is C16H22O8. The van der Waals surface area contributed by atoms with E-state index in [0.717, 1.165) is 24.3 Å². The first-order chi connectivity index (χ1) is 11.2. The van der Waals surface area contributed by atoms with E-state index in [9.17, 15) is 24.6 Å². The highest BCUT2D eigenvalue weighted by atomic mass is 16.6. The van der Waals surface area contributed by atoms with Gasteiger partial charge in [0.05, 0.1) is 6.42 Å². The monoisotopic (exact) mass is 342 g/mol. The summed E-state index contributed by atoms with van der Waals surface area (Å²) in [4.78, 5) is 34.9. The summed E-state index contributed by atoms with van der Waals surface area (Å²) in [5.74, 6) is -2.22. The van der Waals surface area contributed by atoms with Gasteiger partial charge in [-0.15, -0.1) is 0 Å². The number of aliphatic hydroxyl groups is 2. The first-order valence-electron chi connectivity index (χ1n) is 7.52. The minimum absolute atomic E-state index is 0.193. The van der Waals surface area contributed by atoms with E-state index in [0.29, 0.717) is 0 Å². The van der Waals surface area contributed by atoms with Crippen LogP contribution in [0, 0.1) is 0 Å². The molecule has 24 heavy (non-hydrogen) atoms. The van der Waals surface area contributed by atoms with E-state index in [2.05, 4.69) is 0 Å². The van der Waals surface area contributed by atoms with Crippen LogP contribution in [0.15, 0.2) is 24.3 Å². The van der Waals surface area contributed by atoms with Crippen molar-refractivity contribution in [3.8, 4) is 0 Å². The van der Waals surface area contributed by atoms with Crippen LogP contribution in [-0.4, -0.2) is 58.6 Å². The third-order valence-corrected chi connectivity index (χ3v) is 3.21. The standard InChI is InChI=1S/C16H22O8/c1-9-8-16(21)24-11(3)13(18)5-7-15(20)23-10(2)12(17)4-6-14(19)22-9/h4-7,9-13,17-18H,8H2,1-3H3/b6-4+,7-5+/t9?,10-,11-,12+,13+/m0/s1. The number of cyclic esters (lactones) is 3. The first kappa shape index (κ1) is 19.9. The molecule has 1 unspecified atom stereocenters. The molecule has 0 spiro atoms. The second-order valence-electron chi connectivity index (χ2n) is 5.49. The summed E-state index contributed by atoms with van der Waals surface area (Å²) in [5.41, 5.74) is 0. The molecule has 0 radical (unpaired) electrons. The summed E-state index contributed by atoms with van der Waals surface area (Å²) in [6.07, 6.45) is -0.961. The quantitative estimate of drug-likeness (QED) is 0.467. The number of hydrogen-bond donors (Lipinski definition) is 2. The smallest absolute Gasteiger partial charge is 0.330 e. The highest BCUT2D eigenvalue weighted by Gasteiger charge is 2.21. The van der Waals surface area contributed by atoms with Gasteiger partial charge in [-0.2, -0.15) is 0 Å². The summed E-state index contributed by atoms with van der Waals surface area (Å²) in [6.45, 7) is 4.41. The van der Waals surface area contributed by atoms with Gasteiger partial charge in [0.2, 0.25) is 0 Å². The maximum Gasteiger partial charge on any atom is 0.330 e. The van der Waals surface area contributed by atoms with Crippen molar-refractivity contribution in [1.82, 2.24) is 0 Å². The van der Waals surface area contributed by atoms with Crippen molar-refractivity contribution in [3.05, 3.63) is 24.3 Å². The lowest BCUT2D eigenvalue weighted by Crippen LogP contribution is -2.30. The fourth-order valence-corrected chi connectivity index (χ4v) is 1.80. The molecule has 1 rings (SSSR count). The zero-order valence-corrected chi connectivity index (χ0v) is 13.7. The largest absolute Gasteiger partial charge is 0.459 e. The van der Waals surface area contributed by atoms with E-state index in [-0.39, 0.29) is 6.42 Å². The molecule has 0 bridgehead atoms. The van der Waals surface area contributed by atoms with Crippen LogP contribution in [0.1, 0.15) is 27.2 Å². The van der Waals surface area contributed by atoms with Gasteiger partial charge in [-0.25, -0.2) is 9.59 Å². The van der Waals surface area contributed by atoms with Gasteiger partial charge in [0, 0.05) is 12.2 Å². The Morgan fingerprint density at radius 1 is 0.833 bits per heavy atom. The Balaban J connectivity index is 2.91. The molecule has 1 heterocycles. The van der Waals surface area contributed by atoms with E-state index >= 15 is 0 Å². The summed E-state index contributed by atoms with van der Waals surface area (Å²) in [7, 11) is 0. The van der Waals surface area contributed by atoms with Gasteiger partial charge in [-0.1, -0.05) is 0 Å². The second kappa shape index (κ2) is 9.19. The molecule has 0 aromatic rings. The Bertz CT molecular complexity index is 524. The number of aliphatic hydroxyl groups excluding tert-OH is 2. The molecule has 8 heteroatoms. The van der Waals surface area contributed by atoms with Gasteiger partial charge in [-0.05, 0) is 32.9 Å². The van der Waals surface area contributed by atoms with E-state index in [4.69, 9.17) is 14.2 Å². The molecule has 8 nitrogen and oxygen atoms in total. The molecule has 0 aromatic carbocycles. The Kier molecular flexibility index (Phi) is 7.60. The molecule has 2 N–H and O–H groups in total. The van der Waals surface area contributed by atoms with E-state index in [1.807, 2.05) is 0 Å². The number of esters is 3. The third kappa shape index (κ3) is 6.93. The summed E-state index contributed by atoms with van der Waals surface area (Å²) < 4.78 is 14.9. The number of carbonyl (C=O) groups is 3. The third-order valence-electron chi connectivity index (χ3n) is 3.21. The van der Waals surface area contributed by atoms with Crippen LogP contribution in [-0.2, 0) is 28.6 Å². The Morgan fingerprint density at radius 3 is 1.83 bits per heavy atom. The SMILES string of the molecule is CC1CC(=O)O[C@@H](C)[C@H](O)/C=C/C(=O)O[C@@H](C)[C@H](O)/C=C/C(=O)O1. The molecule has 0 saturated heterocycles. The molecule has 0 saturated carbocycles. The van der Waals surface area contributed by atoms with Crippen molar-refractivity contribution in [2.24, 2.45) is 0 Å². The second-order valence-corrected chi connectivity index (χ2v) is 5.49. The van der Waals surface area contributed by atoms with Gasteiger partial charge in [-0.3, -0.25) is 4.79 Å². The van der Waals surface area contributed by atoms with Crippen molar-refractivity contribution >= 4 is 17.9 Å². The van der Waals surface area contributed by atoms with E-state index in [1.165, 1.54) is 20.8 Å². The zero-order chi connectivity index (χ0) is 18.3. The van der Waals surface area contributed by atoms with Gasteiger partial charge >= 0.3 is 17.9 Å². The van der Waals surface area contributed by atoms with Crippen LogP contribution < -0.4 is 0 Å².